The van der Waals surface area contributed by atoms with Crippen LogP contribution in [0.1, 0.15) is 92.2 Å². The molecule has 0 aliphatic carbocycles. The second-order valence-electron chi connectivity index (χ2n) is 35.9. The number of nitrogens with zero attached hydrogens (tertiary/aromatic N) is 17. The molecule has 20 rings (SSSR count). The van der Waals surface area contributed by atoms with E-state index >= 15 is 4.39 Å². The first-order valence-corrected chi connectivity index (χ1v) is 47.6. The second-order valence-corrected chi connectivity index (χ2v) is 36.8. The minimum absolute atomic E-state index is 0.0268. The summed E-state index contributed by atoms with van der Waals surface area (Å²) in [4.78, 5) is 125. The number of methoxy groups -OCH3 is 2. The zero-order chi connectivity index (χ0) is 95.6. The molecule has 8 aromatic heterocycles. The number of hydrogen-bond donors (Lipinski definition) is 6. The molecule has 4 saturated heterocycles. The van der Waals surface area contributed by atoms with E-state index < -0.39 is 16.7 Å². The number of aromatic nitrogens is 13. The van der Waals surface area contributed by atoms with Gasteiger partial charge in [-0.25, -0.2) is 33.7 Å². The van der Waals surface area contributed by atoms with Gasteiger partial charge in [0.15, 0.2) is 22.9 Å². The summed E-state index contributed by atoms with van der Waals surface area (Å²) in [5, 5.41) is 37.5. The molecule has 138 heavy (non-hydrogen) atoms. The highest BCUT2D eigenvalue weighted by atomic mass is 32.1. The van der Waals surface area contributed by atoms with Gasteiger partial charge in [-0.05, 0) is 216 Å². The van der Waals surface area contributed by atoms with Crippen molar-refractivity contribution in [3.63, 3.8) is 0 Å². The van der Waals surface area contributed by atoms with Crippen LogP contribution in [0.3, 0.4) is 0 Å². The fraction of sp³-hybridized carbons (Fsp3) is 0.327. The Morgan fingerprint density at radius 2 is 0.913 bits per heavy atom. The van der Waals surface area contributed by atoms with Crippen molar-refractivity contribution in [2.75, 3.05) is 142 Å². The molecule has 4 fully saturated rings. The van der Waals surface area contributed by atoms with Crippen molar-refractivity contribution in [3.8, 4) is 56.5 Å². The molecule has 34 heteroatoms. The SMILES string of the molecule is CCc1cc(-c2n[nH]c3ccc(NC(=O)[C@]4(OC)CCN(CC(=O)N5CC=C(c6nccs6)CC5)C4)cc23)ccn1.CCc1cc(-c2n[nH]c3ccc(NC(=O)[C@]4(OC)CCN(CC(=O)N5CCC(c6ccc(-c7ncccn7)cc6)CC5)C4)cc23)ccn1.CN(C)C1(C(=O)Nc2ccc3[nH]nc(-c4ccc(F)cc4)c3c2)CCN(CC(=O)N2CC=C(c3ccc(-c4ncccn4)cc3F)CC2)C1. The lowest BCUT2D eigenvalue weighted by molar-refractivity contribution is -0.138. The Morgan fingerprint density at radius 3 is 1.38 bits per heavy atom. The van der Waals surface area contributed by atoms with E-state index in [0.717, 1.165) is 126 Å². The van der Waals surface area contributed by atoms with Gasteiger partial charge in [0.1, 0.15) is 33.6 Å². The van der Waals surface area contributed by atoms with Crippen molar-refractivity contribution in [1.82, 2.24) is 99.8 Å². The van der Waals surface area contributed by atoms with E-state index in [2.05, 4.69) is 126 Å². The number of fused-ring (bicyclic) bond motifs is 3. The normalized spacial score (nSPS) is 18.8. The van der Waals surface area contributed by atoms with Gasteiger partial charge in [0.25, 0.3) is 11.8 Å². The largest absolute Gasteiger partial charge is 0.367 e. The lowest BCUT2D eigenvalue weighted by Crippen LogP contribution is -2.56. The molecule has 6 aromatic carbocycles. The number of carbonyl (C=O) groups is 6. The van der Waals surface area contributed by atoms with Crippen molar-refractivity contribution in [3.05, 3.63) is 258 Å². The topological polar surface area (TPSA) is 356 Å². The molecule has 0 saturated carbocycles. The summed E-state index contributed by atoms with van der Waals surface area (Å²) in [5.41, 5.74) is 14.0. The smallest absolute Gasteiger partial charge is 0.258 e. The summed E-state index contributed by atoms with van der Waals surface area (Å²) in [6, 6.07) is 48.0. The van der Waals surface area contributed by atoms with Crippen LogP contribution in [0.5, 0.6) is 0 Å². The van der Waals surface area contributed by atoms with Crippen molar-refractivity contribution in [2.24, 2.45) is 0 Å². The quantitative estimate of drug-likeness (QED) is 0.0309. The van der Waals surface area contributed by atoms with E-state index in [1.54, 1.807) is 98.1 Å². The Morgan fingerprint density at radius 1 is 0.457 bits per heavy atom. The summed E-state index contributed by atoms with van der Waals surface area (Å²) >= 11 is 1.62. The molecule has 6 aliphatic heterocycles. The lowest BCUT2D eigenvalue weighted by atomic mass is 9.89. The second kappa shape index (κ2) is 41.7. The van der Waals surface area contributed by atoms with Crippen LogP contribution < -0.4 is 16.0 Å². The summed E-state index contributed by atoms with van der Waals surface area (Å²) in [6.07, 6.45) is 22.6. The van der Waals surface area contributed by atoms with Gasteiger partial charge in [-0.3, -0.25) is 73.6 Å². The van der Waals surface area contributed by atoms with Gasteiger partial charge in [-0.1, -0.05) is 62.4 Å². The van der Waals surface area contributed by atoms with Gasteiger partial charge in [-0.2, -0.15) is 15.3 Å². The molecule has 3 atom stereocenters. The first-order chi connectivity index (χ1) is 67.1. The molecule has 1 unspecified atom stereocenters. The van der Waals surface area contributed by atoms with Gasteiger partial charge in [0, 0.05) is 220 Å². The third-order valence-corrected chi connectivity index (χ3v) is 28.3. The standard InChI is InChI=1S/C37H36F2N8O2.C37H40N8O3.C30H33N7O3S/c1-45(2)37(36(49)42-28-9-11-32-30(21-28)34(44-43-32)25-4-7-27(38)8-5-25)14-19-46(23-37)22-33(48)47-17-12-24(13-18-47)29-10-6-26(20-31(29)39)35-40-15-3-16-41-35;1-3-29-21-28(11-17-38-29)34-31-22-30(9-10-32(31)42-43-34)41-36(47)37(48-2)14-20-44(24-37)23-33(46)45-18-12-26(13-19-45)25-5-7-27(8-6-25)35-39-15-4-16-40-35;1-3-22-16-21(6-10-31-22)27-24-17-23(4-5-25(24)34-35-27)33-29(39)30(40-2)9-14-36(19-30)18-26(38)37-12-7-20(8-13-37)28-32-11-15-41-28/h3-12,15-16,20-21H,13-14,17-19,22-23H2,1-2H3,(H,42,49)(H,43,44);4-11,15-17,21-22,26H,3,12-14,18-20,23-24H2,1-2H3,(H,41,47)(H,42,43);4-7,10-11,15-17H,3,8-9,12-14,18-19H2,1-2H3,(H,33,39)(H,34,35)/t;37-;30-/m.00/s1. The highest BCUT2D eigenvalue weighted by Gasteiger charge is 2.49. The predicted molar refractivity (Wildman–Crippen MR) is 528 cm³/mol. The average Bonchev–Trinajstić information content (AvgIpc) is 1.63. The number of benzene rings is 6. The molecular weight excluding hydrogens is 1770 g/mol. The number of pyridine rings is 2. The van der Waals surface area contributed by atoms with Gasteiger partial charge >= 0.3 is 0 Å². The first kappa shape index (κ1) is 94.1. The maximum absolute atomic E-state index is 15.1. The van der Waals surface area contributed by atoms with Gasteiger partial charge < -0.3 is 40.1 Å². The summed E-state index contributed by atoms with van der Waals surface area (Å²) < 4.78 is 40.3. The number of H-pyrrole nitrogens is 3. The van der Waals surface area contributed by atoms with E-state index in [1.165, 1.54) is 29.3 Å². The van der Waals surface area contributed by atoms with Crippen molar-refractivity contribution in [2.45, 2.75) is 94.3 Å². The third-order valence-electron chi connectivity index (χ3n) is 27.4. The van der Waals surface area contributed by atoms with Crippen molar-refractivity contribution >= 4 is 108 Å². The minimum Gasteiger partial charge on any atom is -0.367 e. The van der Waals surface area contributed by atoms with Crippen molar-refractivity contribution < 1.29 is 47.0 Å². The Kier molecular flexibility index (Phi) is 28.5. The molecule has 0 radical (unpaired) electrons. The highest BCUT2D eigenvalue weighted by Crippen LogP contribution is 2.39. The summed E-state index contributed by atoms with van der Waals surface area (Å²) in [7, 11) is 6.90. The fourth-order valence-electron chi connectivity index (χ4n) is 19.2. The van der Waals surface area contributed by atoms with Gasteiger partial charge in [0.2, 0.25) is 23.6 Å². The monoisotopic (exact) mass is 1880 g/mol. The number of ether oxygens (including phenoxy) is 2. The summed E-state index contributed by atoms with van der Waals surface area (Å²) in [5.74, 6) is 0.469. The van der Waals surface area contributed by atoms with Crippen molar-refractivity contribution in [1.29, 1.82) is 0 Å². The Hall–Kier alpha value is -14.3. The number of anilines is 3. The number of piperidine rings is 1. The van der Waals surface area contributed by atoms with Crippen LogP contribution >= 0.6 is 11.3 Å². The number of halogens is 2. The fourth-order valence-corrected chi connectivity index (χ4v) is 19.9. The number of carbonyl (C=O) groups excluding carboxylic acids is 6. The molecule has 6 aliphatic rings. The third kappa shape index (κ3) is 20.7. The van der Waals surface area contributed by atoms with Gasteiger partial charge in [-0.15, -0.1) is 11.3 Å². The number of amides is 6. The van der Waals surface area contributed by atoms with E-state index in [1.807, 2.05) is 146 Å². The van der Waals surface area contributed by atoms with Crippen LogP contribution in [0.4, 0.5) is 25.8 Å². The van der Waals surface area contributed by atoms with Crippen LogP contribution in [0, 0.1) is 11.6 Å². The zero-order valence-corrected chi connectivity index (χ0v) is 78.7. The zero-order valence-electron chi connectivity index (χ0n) is 77.9. The maximum atomic E-state index is 15.1. The van der Waals surface area contributed by atoms with Crippen LogP contribution in [0.25, 0.3) is 100 Å². The number of aromatic amines is 3. The number of thiazole rings is 1. The number of nitrogens with one attached hydrogen (secondary N) is 6. The molecule has 14 aromatic rings. The number of likely N-dealkylation sites (tertiary alicyclic amines) is 4. The van der Waals surface area contributed by atoms with Crippen LogP contribution in [-0.4, -0.2) is 278 Å². The average molecular weight is 1880 g/mol. The Balaban J connectivity index is 0.000000138. The molecule has 0 spiro atoms. The molecule has 6 N–H and O–H groups in total. The number of aryl methyl sites for hydroxylation is 2. The molecule has 0 bridgehead atoms. The number of hydrogen-bond acceptors (Lipinski definition) is 23. The Bertz CT molecular complexity index is 6830. The van der Waals surface area contributed by atoms with E-state index in [-0.39, 0.29) is 66.7 Å². The van der Waals surface area contributed by atoms with Gasteiger partial charge in [0.05, 0.1) is 41.9 Å². The predicted octanol–water partition coefficient (Wildman–Crippen LogP) is 14.3. The van der Waals surface area contributed by atoms with E-state index in [0.29, 0.717) is 150 Å². The number of rotatable bonds is 25. The highest BCUT2D eigenvalue weighted by molar-refractivity contribution is 7.10. The molecular formula is C104H109F2N23O8S. The van der Waals surface area contributed by atoms with E-state index in [4.69, 9.17) is 9.47 Å². The molecule has 14 heterocycles. The van der Waals surface area contributed by atoms with E-state index in [9.17, 15) is 33.2 Å². The van der Waals surface area contributed by atoms with Crippen LogP contribution in [-0.2, 0) is 51.1 Å². The summed E-state index contributed by atoms with van der Waals surface area (Å²) in [6.45, 7) is 11.3. The first-order valence-electron chi connectivity index (χ1n) is 46.7. The van der Waals surface area contributed by atoms with Crippen LogP contribution in [0.2, 0.25) is 0 Å². The minimum atomic E-state index is -1.04. The maximum Gasteiger partial charge on any atom is 0.258 e. The van der Waals surface area contributed by atoms with Crippen LogP contribution in [0.15, 0.2) is 219 Å². The lowest BCUT2D eigenvalue weighted by Gasteiger charge is -2.35. The molecule has 6 amide bonds. The molecule has 31 nitrogen and oxygen atoms in total. The number of likely N-dealkylation sites (N-methyl/N-ethyl adjacent to an activating group) is 1. The Labute approximate surface area is 801 Å². The molecule has 708 valence electrons.